The largest absolute Gasteiger partial charge is 0.341 e. The molecule has 2 heterocycles. The third-order valence-electron chi connectivity index (χ3n) is 4.55. The van der Waals surface area contributed by atoms with Gasteiger partial charge in [0.2, 0.25) is 10.0 Å². The molecule has 0 unspecified atom stereocenters. The molecule has 7 heteroatoms. The number of aromatic nitrogens is 2. The van der Waals surface area contributed by atoms with Crippen molar-refractivity contribution in [3.63, 3.8) is 0 Å². The second-order valence-electron chi connectivity index (χ2n) is 6.03. The molecule has 0 radical (unpaired) electrons. The molecule has 2 atom stereocenters. The van der Waals surface area contributed by atoms with E-state index in [9.17, 15) is 8.42 Å². The molecule has 1 aromatic heterocycles. The quantitative estimate of drug-likeness (QED) is 0.928. The van der Waals surface area contributed by atoms with Crippen LogP contribution in [0.25, 0.3) is 11.0 Å². The zero-order chi connectivity index (χ0) is 15.9. The maximum absolute atomic E-state index is 11.8. The smallest absolute Gasteiger partial charge is 0.211 e. The van der Waals surface area contributed by atoms with E-state index in [4.69, 9.17) is 0 Å². The van der Waals surface area contributed by atoms with Crippen molar-refractivity contribution in [2.75, 3.05) is 19.3 Å². The van der Waals surface area contributed by atoms with Gasteiger partial charge in [0.15, 0.2) is 0 Å². The number of para-hydroxylation sites is 2. The highest BCUT2D eigenvalue weighted by Crippen LogP contribution is 2.21. The van der Waals surface area contributed by atoms with E-state index in [0.717, 1.165) is 23.4 Å². The van der Waals surface area contributed by atoms with E-state index < -0.39 is 10.0 Å². The van der Waals surface area contributed by atoms with E-state index in [-0.39, 0.29) is 12.1 Å². The summed E-state index contributed by atoms with van der Waals surface area (Å²) in [5.41, 5.74) is 2.00. The van der Waals surface area contributed by atoms with Crippen molar-refractivity contribution in [1.29, 1.82) is 0 Å². The lowest BCUT2D eigenvalue weighted by molar-refractivity contribution is 0.0772. The fourth-order valence-electron chi connectivity index (χ4n) is 3.14. The Morgan fingerprint density at radius 1 is 1.23 bits per heavy atom. The van der Waals surface area contributed by atoms with Gasteiger partial charge in [0, 0.05) is 25.2 Å². The van der Waals surface area contributed by atoms with Gasteiger partial charge in [-0.25, -0.2) is 13.4 Å². The molecule has 2 aromatic rings. The lowest BCUT2D eigenvalue weighted by atomic mass is 10.1. The molecule has 0 spiro atoms. The lowest BCUT2D eigenvalue weighted by Crippen LogP contribution is -2.58. The monoisotopic (exact) mass is 322 g/mol. The third-order valence-corrected chi connectivity index (χ3v) is 5.92. The Morgan fingerprint density at radius 2 is 1.95 bits per heavy atom. The lowest BCUT2D eigenvalue weighted by Gasteiger charge is -2.43. The van der Waals surface area contributed by atoms with Crippen molar-refractivity contribution in [1.82, 2.24) is 19.2 Å². The fraction of sp³-hybridized carbons (Fsp3) is 0.533. The SMILES string of the molecule is C[C@@H]1[C@@H](C)N(S(C)(=O)=O)CCN1Cc1nc2ccccc2[nH]1. The summed E-state index contributed by atoms with van der Waals surface area (Å²) in [4.78, 5) is 10.2. The number of rotatable bonds is 3. The molecule has 120 valence electrons. The van der Waals surface area contributed by atoms with Gasteiger partial charge in [-0.2, -0.15) is 4.31 Å². The van der Waals surface area contributed by atoms with Crippen LogP contribution in [-0.4, -0.2) is 59.0 Å². The van der Waals surface area contributed by atoms with Gasteiger partial charge in [-0.15, -0.1) is 0 Å². The Morgan fingerprint density at radius 3 is 2.64 bits per heavy atom. The van der Waals surface area contributed by atoms with Gasteiger partial charge < -0.3 is 4.98 Å². The first-order valence-electron chi connectivity index (χ1n) is 7.51. The number of benzene rings is 1. The molecule has 1 aliphatic heterocycles. The molecule has 1 aliphatic rings. The van der Waals surface area contributed by atoms with Crippen molar-refractivity contribution in [3.05, 3.63) is 30.1 Å². The first-order valence-corrected chi connectivity index (χ1v) is 9.35. The summed E-state index contributed by atoms with van der Waals surface area (Å²) < 4.78 is 25.2. The molecule has 0 saturated carbocycles. The van der Waals surface area contributed by atoms with Gasteiger partial charge in [0.25, 0.3) is 0 Å². The van der Waals surface area contributed by atoms with Crippen LogP contribution in [0.3, 0.4) is 0 Å². The summed E-state index contributed by atoms with van der Waals surface area (Å²) in [7, 11) is -3.14. The van der Waals surface area contributed by atoms with E-state index in [2.05, 4.69) is 21.8 Å². The number of aromatic amines is 1. The van der Waals surface area contributed by atoms with Gasteiger partial charge in [0.1, 0.15) is 5.82 Å². The summed E-state index contributed by atoms with van der Waals surface area (Å²) in [5.74, 6) is 0.924. The number of nitrogens with zero attached hydrogens (tertiary/aromatic N) is 3. The average Bonchev–Trinajstić information content (AvgIpc) is 2.85. The normalized spacial score (nSPS) is 24.9. The molecule has 0 bridgehead atoms. The van der Waals surface area contributed by atoms with E-state index in [1.807, 2.05) is 31.2 Å². The fourth-order valence-corrected chi connectivity index (χ4v) is 4.34. The minimum Gasteiger partial charge on any atom is -0.341 e. The predicted molar refractivity (Wildman–Crippen MR) is 87.0 cm³/mol. The molecule has 1 saturated heterocycles. The van der Waals surface area contributed by atoms with Gasteiger partial charge in [-0.3, -0.25) is 4.90 Å². The highest BCUT2D eigenvalue weighted by Gasteiger charge is 2.35. The van der Waals surface area contributed by atoms with Crippen molar-refractivity contribution in [2.45, 2.75) is 32.5 Å². The van der Waals surface area contributed by atoms with Gasteiger partial charge in [0.05, 0.1) is 23.8 Å². The zero-order valence-corrected chi connectivity index (χ0v) is 14.0. The second kappa shape index (κ2) is 5.64. The Balaban J connectivity index is 1.76. The maximum Gasteiger partial charge on any atom is 0.211 e. The zero-order valence-electron chi connectivity index (χ0n) is 13.2. The van der Waals surface area contributed by atoms with Crippen LogP contribution >= 0.6 is 0 Å². The number of hydrogen-bond acceptors (Lipinski definition) is 4. The summed E-state index contributed by atoms with van der Waals surface area (Å²) in [6.45, 7) is 6.00. The molecule has 3 rings (SSSR count). The molecule has 0 amide bonds. The highest BCUT2D eigenvalue weighted by molar-refractivity contribution is 7.88. The van der Waals surface area contributed by atoms with Crippen molar-refractivity contribution in [2.24, 2.45) is 0 Å². The van der Waals surface area contributed by atoms with Crippen molar-refractivity contribution < 1.29 is 8.42 Å². The van der Waals surface area contributed by atoms with E-state index in [1.54, 1.807) is 4.31 Å². The van der Waals surface area contributed by atoms with Gasteiger partial charge in [-0.1, -0.05) is 12.1 Å². The summed E-state index contributed by atoms with van der Waals surface area (Å²) in [6, 6.07) is 8.08. The van der Waals surface area contributed by atoms with E-state index >= 15 is 0 Å². The first-order chi connectivity index (χ1) is 10.4. The van der Waals surface area contributed by atoms with E-state index in [0.29, 0.717) is 13.1 Å². The number of nitrogens with one attached hydrogen (secondary N) is 1. The Labute approximate surface area is 131 Å². The molecule has 1 N–H and O–H groups in total. The topological polar surface area (TPSA) is 69.3 Å². The molecule has 22 heavy (non-hydrogen) atoms. The average molecular weight is 322 g/mol. The molecule has 1 aromatic carbocycles. The van der Waals surface area contributed by atoms with Crippen LogP contribution in [-0.2, 0) is 16.6 Å². The van der Waals surface area contributed by atoms with Crippen molar-refractivity contribution >= 4 is 21.1 Å². The minimum absolute atomic E-state index is 0.0341. The van der Waals surface area contributed by atoms with Crippen LogP contribution in [0.4, 0.5) is 0 Å². The maximum atomic E-state index is 11.8. The second-order valence-corrected chi connectivity index (χ2v) is 7.96. The minimum atomic E-state index is -3.14. The van der Waals surface area contributed by atoms with Crippen LogP contribution in [0.15, 0.2) is 24.3 Å². The highest BCUT2D eigenvalue weighted by atomic mass is 32.2. The summed E-state index contributed by atoms with van der Waals surface area (Å²) in [5, 5.41) is 0. The molecule has 1 fully saturated rings. The Hall–Kier alpha value is -1.44. The Kier molecular flexibility index (Phi) is 3.96. The molecule has 0 aliphatic carbocycles. The standard InChI is InChI=1S/C15H22N4O2S/c1-11-12(2)19(22(3,20)21)9-8-18(11)10-15-16-13-6-4-5-7-14(13)17-15/h4-7,11-12H,8-10H2,1-3H3,(H,16,17)/t11-,12-/m1/s1. The number of piperazine rings is 1. The number of sulfonamides is 1. The number of H-pyrrole nitrogens is 1. The van der Waals surface area contributed by atoms with Crippen LogP contribution < -0.4 is 0 Å². The molecular formula is C15H22N4O2S. The number of fused-ring (bicyclic) bond motifs is 1. The predicted octanol–water partition coefficient (Wildman–Crippen LogP) is 1.42. The summed E-state index contributed by atoms with van der Waals surface area (Å²) in [6.07, 6.45) is 1.28. The first kappa shape index (κ1) is 15.5. The van der Waals surface area contributed by atoms with Crippen LogP contribution in [0.2, 0.25) is 0 Å². The van der Waals surface area contributed by atoms with Crippen LogP contribution in [0, 0.1) is 0 Å². The number of imidazole rings is 1. The van der Waals surface area contributed by atoms with E-state index in [1.165, 1.54) is 6.26 Å². The van der Waals surface area contributed by atoms with Gasteiger partial charge >= 0.3 is 0 Å². The molecule has 6 nitrogen and oxygen atoms in total. The molecular weight excluding hydrogens is 300 g/mol. The van der Waals surface area contributed by atoms with Crippen LogP contribution in [0.1, 0.15) is 19.7 Å². The van der Waals surface area contributed by atoms with Crippen molar-refractivity contribution in [3.8, 4) is 0 Å². The summed E-state index contributed by atoms with van der Waals surface area (Å²) >= 11 is 0. The number of hydrogen-bond donors (Lipinski definition) is 1. The Bertz CT molecular complexity index is 738. The van der Waals surface area contributed by atoms with Crippen LogP contribution in [0.5, 0.6) is 0 Å². The third kappa shape index (κ3) is 2.88. The van der Waals surface area contributed by atoms with Gasteiger partial charge in [-0.05, 0) is 26.0 Å².